The fourth-order valence-corrected chi connectivity index (χ4v) is 2.77. The molecule has 0 radical (unpaired) electrons. The van der Waals surface area contributed by atoms with E-state index in [1.54, 1.807) is 32.9 Å². The van der Waals surface area contributed by atoms with Crippen LogP contribution in [0, 0.1) is 11.6 Å². The Balaban J connectivity index is 2.02. The van der Waals surface area contributed by atoms with Crippen LogP contribution in [0.2, 0.25) is 0 Å². The minimum Gasteiger partial charge on any atom is -0.444 e. The van der Waals surface area contributed by atoms with Crippen molar-refractivity contribution < 1.29 is 18.3 Å². The Hall–Kier alpha value is -3.36. The zero-order valence-corrected chi connectivity index (χ0v) is 16.2. The van der Waals surface area contributed by atoms with Crippen molar-refractivity contribution in [3.05, 3.63) is 64.5 Å². The topological polar surface area (TPSA) is 86.1 Å². The van der Waals surface area contributed by atoms with Crippen molar-refractivity contribution in [1.82, 2.24) is 19.9 Å². The van der Waals surface area contributed by atoms with E-state index in [2.05, 4.69) is 15.3 Å². The van der Waals surface area contributed by atoms with Gasteiger partial charge in [-0.2, -0.15) is 0 Å². The SMILES string of the molecule is CC(C)(C)OC(=O)NCCc1nc2c(F)ccc(F)c2c(=O)n1-c1cccnc1. The average Bonchev–Trinajstić information content (AvgIpc) is 2.64. The lowest BCUT2D eigenvalue weighted by molar-refractivity contribution is 0.0528. The fourth-order valence-electron chi connectivity index (χ4n) is 2.77. The molecule has 0 atom stereocenters. The van der Waals surface area contributed by atoms with Gasteiger partial charge < -0.3 is 10.1 Å². The van der Waals surface area contributed by atoms with E-state index >= 15 is 0 Å². The van der Waals surface area contributed by atoms with Gasteiger partial charge in [-0.15, -0.1) is 0 Å². The van der Waals surface area contributed by atoms with Gasteiger partial charge in [0.1, 0.15) is 34.0 Å². The Morgan fingerprint density at radius 2 is 1.93 bits per heavy atom. The monoisotopic (exact) mass is 402 g/mol. The number of nitrogens with zero attached hydrogens (tertiary/aromatic N) is 3. The second-order valence-electron chi connectivity index (χ2n) is 7.31. The third kappa shape index (κ3) is 4.56. The molecule has 1 aromatic carbocycles. The highest BCUT2D eigenvalue weighted by atomic mass is 19.1. The van der Waals surface area contributed by atoms with Gasteiger partial charge in [0.05, 0.1) is 11.9 Å². The number of fused-ring (bicyclic) bond motifs is 1. The van der Waals surface area contributed by atoms with E-state index in [9.17, 15) is 18.4 Å². The number of rotatable bonds is 4. The van der Waals surface area contributed by atoms with Gasteiger partial charge in [0.15, 0.2) is 0 Å². The number of hydrogen-bond donors (Lipinski definition) is 1. The number of benzene rings is 1. The lowest BCUT2D eigenvalue weighted by Crippen LogP contribution is -2.34. The van der Waals surface area contributed by atoms with Crippen molar-refractivity contribution in [2.24, 2.45) is 0 Å². The zero-order chi connectivity index (χ0) is 21.2. The predicted molar refractivity (Wildman–Crippen MR) is 103 cm³/mol. The highest BCUT2D eigenvalue weighted by Gasteiger charge is 2.19. The molecule has 3 aromatic rings. The summed E-state index contributed by atoms with van der Waals surface area (Å²) < 4.78 is 34.8. The number of pyridine rings is 1. The molecule has 1 N–H and O–H groups in total. The summed E-state index contributed by atoms with van der Waals surface area (Å²) in [7, 11) is 0. The molecule has 0 aliphatic carbocycles. The normalized spacial score (nSPS) is 11.5. The molecule has 0 saturated carbocycles. The van der Waals surface area contributed by atoms with Crippen molar-refractivity contribution in [1.29, 1.82) is 0 Å². The number of hydrogen-bond acceptors (Lipinski definition) is 5. The smallest absolute Gasteiger partial charge is 0.407 e. The second-order valence-corrected chi connectivity index (χ2v) is 7.31. The Labute approximate surface area is 165 Å². The highest BCUT2D eigenvalue weighted by Crippen LogP contribution is 2.18. The van der Waals surface area contributed by atoms with Crippen LogP contribution in [-0.4, -0.2) is 32.8 Å². The molecule has 0 bridgehead atoms. The van der Waals surface area contributed by atoms with Crippen LogP contribution >= 0.6 is 0 Å². The zero-order valence-electron chi connectivity index (χ0n) is 16.2. The van der Waals surface area contributed by atoms with Crippen molar-refractivity contribution in [2.45, 2.75) is 32.8 Å². The number of ether oxygens (including phenoxy) is 1. The van der Waals surface area contributed by atoms with Crippen LogP contribution in [0.25, 0.3) is 16.6 Å². The van der Waals surface area contributed by atoms with Gasteiger partial charge >= 0.3 is 6.09 Å². The van der Waals surface area contributed by atoms with E-state index < -0.39 is 34.3 Å². The van der Waals surface area contributed by atoms with Gasteiger partial charge in [0.2, 0.25) is 0 Å². The number of aromatic nitrogens is 3. The minimum absolute atomic E-state index is 0.0735. The number of alkyl carbamates (subject to hydrolysis) is 1. The molecule has 7 nitrogen and oxygen atoms in total. The van der Waals surface area contributed by atoms with Crippen LogP contribution in [0.5, 0.6) is 0 Å². The lowest BCUT2D eigenvalue weighted by atomic mass is 10.2. The van der Waals surface area contributed by atoms with Crippen LogP contribution < -0.4 is 10.9 Å². The van der Waals surface area contributed by atoms with Crippen molar-refractivity contribution >= 4 is 17.0 Å². The molecule has 0 saturated heterocycles. The molecule has 29 heavy (non-hydrogen) atoms. The summed E-state index contributed by atoms with van der Waals surface area (Å²) in [6.07, 6.45) is 2.38. The van der Waals surface area contributed by atoms with E-state index in [1.165, 1.54) is 12.4 Å². The average molecular weight is 402 g/mol. The van der Waals surface area contributed by atoms with Crippen molar-refractivity contribution in [3.63, 3.8) is 0 Å². The molecule has 0 unspecified atom stereocenters. The summed E-state index contributed by atoms with van der Waals surface area (Å²) in [6.45, 7) is 5.27. The van der Waals surface area contributed by atoms with E-state index in [0.29, 0.717) is 5.69 Å². The lowest BCUT2D eigenvalue weighted by Gasteiger charge is -2.20. The summed E-state index contributed by atoms with van der Waals surface area (Å²) in [5.41, 5.74) is -1.43. The van der Waals surface area contributed by atoms with Crippen LogP contribution in [0.15, 0.2) is 41.5 Å². The second kappa shape index (κ2) is 7.94. The van der Waals surface area contributed by atoms with E-state index in [4.69, 9.17) is 4.74 Å². The summed E-state index contributed by atoms with van der Waals surface area (Å²) in [5.74, 6) is -1.52. The first-order chi connectivity index (χ1) is 13.7. The standard InChI is InChI=1S/C20H20F2N4O3/c1-20(2,3)29-19(28)24-10-8-15-25-17-14(22)7-6-13(21)16(17)18(27)26(15)12-5-4-9-23-11-12/h4-7,9,11H,8,10H2,1-3H3,(H,24,28). The number of nitrogens with one attached hydrogen (secondary N) is 1. The molecular weight excluding hydrogens is 382 g/mol. The van der Waals surface area contributed by atoms with Crippen molar-refractivity contribution in [2.75, 3.05) is 6.54 Å². The van der Waals surface area contributed by atoms with Gasteiger partial charge in [0, 0.05) is 19.2 Å². The van der Waals surface area contributed by atoms with Gasteiger partial charge in [-0.1, -0.05) is 0 Å². The molecule has 0 aliphatic heterocycles. The van der Waals surface area contributed by atoms with Gasteiger partial charge in [0.25, 0.3) is 5.56 Å². The third-order valence-electron chi connectivity index (χ3n) is 3.91. The van der Waals surface area contributed by atoms with Crippen LogP contribution in [0.1, 0.15) is 26.6 Å². The van der Waals surface area contributed by atoms with Gasteiger partial charge in [-0.3, -0.25) is 14.3 Å². The maximum Gasteiger partial charge on any atom is 0.407 e. The molecular formula is C20H20F2N4O3. The molecule has 2 heterocycles. The molecule has 152 valence electrons. The quantitative estimate of drug-likeness (QED) is 0.725. The predicted octanol–water partition coefficient (Wildman–Crippen LogP) is 3.13. The summed E-state index contributed by atoms with van der Waals surface area (Å²) in [5, 5.41) is 2.11. The van der Waals surface area contributed by atoms with Gasteiger partial charge in [-0.05, 0) is 45.0 Å². The van der Waals surface area contributed by atoms with Crippen LogP contribution in [-0.2, 0) is 11.2 Å². The fraction of sp³-hybridized carbons (Fsp3) is 0.300. The Bertz CT molecular complexity index is 1110. The van der Waals surface area contributed by atoms with Crippen LogP contribution in [0.4, 0.5) is 13.6 Å². The molecule has 1 amide bonds. The molecule has 9 heteroatoms. The molecule has 2 aromatic heterocycles. The first kappa shape index (κ1) is 20.4. The summed E-state index contributed by atoms with van der Waals surface area (Å²) in [4.78, 5) is 33.0. The summed E-state index contributed by atoms with van der Waals surface area (Å²) >= 11 is 0. The number of halogens is 2. The molecule has 0 spiro atoms. The number of carbonyl (C=O) groups is 1. The number of carbonyl (C=O) groups excluding carboxylic acids is 1. The van der Waals surface area contributed by atoms with Gasteiger partial charge in [-0.25, -0.2) is 18.6 Å². The first-order valence-corrected chi connectivity index (χ1v) is 8.94. The summed E-state index contributed by atoms with van der Waals surface area (Å²) in [6, 6.07) is 5.01. The third-order valence-corrected chi connectivity index (χ3v) is 3.91. The first-order valence-electron chi connectivity index (χ1n) is 8.94. The maximum atomic E-state index is 14.3. The molecule has 0 aliphatic rings. The van der Waals surface area contributed by atoms with E-state index in [1.807, 2.05) is 0 Å². The highest BCUT2D eigenvalue weighted by molar-refractivity contribution is 5.79. The Kier molecular flexibility index (Phi) is 5.58. The largest absolute Gasteiger partial charge is 0.444 e. The van der Waals surface area contributed by atoms with Crippen molar-refractivity contribution in [3.8, 4) is 5.69 Å². The molecule has 3 rings (SSSR count). The maximum absolute atomic E-state index is 14.3. The molecule has 0 fully saturated rings. The minimum atomic E-state index is -0.866. The number of amides is 1. The van der Waals surface area contributed by atoms with Crippen LogP contribution in [0.3, 0.4) is 0 Å². The Morgan fingerprint density at radius 3 is 2.59 bits per heavy atom. The van der Waals surface area contributed by atoms with E-state index in [0.717, 1.165) is 16.7 Å². The van der Waals surface area contributed by atoms with E-state index in [-0.39, 0.29) is 24.3 Å². The Morgan fingerprint density at radius 1 is 1.21 bits per heavy atom.